The number of ether oxygens (including phenoxy) is 2. The molecule has 1 saturated heterocycles. The highest BCUT2D eigenvalue weighted by molar-refractivity contribution is 5.20. The largest absolute Gasteiger partial charge is 0.475 e. The minimum Gasteiger partial charge on any atom is -0.475 e. The smallest absolute Gasteiger partial charge is 0.213 e. The topological polar surface area (TPSA) is 43.4 Å². The van der Waals surface area contributed by atoms with Crippen LogP contribution < -0.4 is 10.1 Å². The first-order valence-corrected chi connectivity index (χ1v) is 6.67. The molecule has 2 rings (SSSR count). The lowest BCUT2D eigenvalue weighted by Gasteiger charge is -2.12. The molecule has 1 fully saturated rings. The van der Waals surface area contributed by atoms with Crippen LogP contribution in [0.15, 0.2) is 18.3 Å². The molecule has 0 spiro atoms. The normalized spacial score (nSPS) is 19.4. The number of hydrogen-bond acceptors (Lipinski definition) is 4. The van der Waals surface area contributed by atoms with E-state index in [1.165, 1.54) is 5.56 Å². The fourth-order valence-corrected chi connectivity index (χ4v) is 1.92. The Morgan fingerprint density at radius 2 is 2.44 bits per heavy atom. The van der Waals surface area contributed by atoms with Crippen LogP contribution in [0.2, 0.25) is 0 Å². The van der Waals surface area contributed by atoms with Gasteiger partial charge in [0.25, 0.3) is 0 Å². The quantitative estimate of drug-likeness (QED) is 0.840. The first kappa shape index (κ1) is 13.3. The van der Waals surface area contributed by atoms with E-state index in [1.807, 2.05) is 12.1 Å². The number of nitrogens with one attached hydrogen (secondary N) is 1. The van der Waals surface area contributed by atoms with E-state index in [0.717, 1.165) is 26.0 Å². The van der Waals surface area contributed by atoms with Crippen molar-refractivity contribution in [1.82, 2.24) is 10.3 Å². The van der Waals surface area contributed by atoms with E-state index < -0.39 is 0 Å². The predicted octanol–water partition coefficient (Wildman–Crippen LogP) is 2.14. The molecule has 0 aromatic carbocycles. The fraction of sp³-hybridized carbons (Fsp3) is 0.643. The summed E-state index contributed by atoms with van der Waals surface area (Å²) in [6.45, 7) is 6.58. The summed E-state index contributed by atoms with van der Waals surface area (Å²) in [6, 6.07) is 4.48. The fourth-order valence-electron chi connectivity index (χ4n) is 1.92. The van der Waals surface area contributed by atoms with Crippen molar-refractivity contribution in [2.45, 2.75) is 45.4 Å². The third-order valence-corrected chi connectivity index (χ3v) is 2.95. The average Bonchev–Trinajstić information content (AvgIpc) is 2.87. The zero-order valence-electron chi connectivity index (χ0n) is 11.2. The zero-order chi connectivity index (χ0) is 12.8. The average molecular weight is 250 g/mol. The van der Waals surface area contributed by atoms with Gasteiger partial charge in [0.2, 0.25) is 5.88 Å². The molecule has 0 aliphatic carbocycles. The van der Waals surface area contributed by atoms with Gasteiger partial charge in [-0.2, -0.15) is 0 Å². The molecule has 2 heterocycles. The van der Waals surface area contributed by atoms with Gasteiger partial charge in [0.05, 0.1) is 6.10 Å². The lowest BCUT2D eigenvalue weighted by molar-refractivity contribution is 0.0663. The summed E-state index contributed by atoms with van der Waals surface area (Å²) < 4.78 is 11.2. The van der Waals surface area contributed by atoms with Gasteiger partial charge in [-0.1, -0.05) is 13.8 Å². The van der Waals surface area contributed by atoms with E-state index in [-0.39, 0.29) is 6.10 Å². The van der Waals surface area contributed by atoms with Gasteiger partial charge in [0.1, 0.15) is 6.61 Å². The molecule has 1 aliphatic rings. The lowest BCUT2D eigenvalue weighted by Crippen LogP contribution is -2.22. The number of aromatic nitrogens is 1. The summed E-state index contributed by atoms with van der Waals surface area (Å²) in [7, 11) is 0. The Bertz CT molecular complexity index is 363. The Balaban J connectivity index is 1.82. The van der Waals surface area contributed by atoms with Gasteiger partial charge < -0.3 is 14.8 Å². The summed E-state index contributed by atoms with van der Waals surface area (Å²) in [4.78, 5) is 4.22. The van der Waals surface area contributed by atoms with E-state index >= 15 is 0 Å². The Morgan fingerprint density at radius 1 is 1.56 bits per heavy atom. The molecule has 1 N–H and O–H groups in total. The van der Waals surface area contributed by atoms with Crippen molar-refractivity contribution in [1.29, 1.82) is 0 Å². The zero-order valence-corrected chi connectivity index (χ0v) is 11.2. The molecule has 0 bridgehead atoms. The second-order valence-corrected chi connectivity index (χ2v) is 4.98. The second-order valence-electron chi connectivity index (χ2n) is 4.98. The second kappa shape index (κ2) is 6.71. The highest BCUT2D eigenvalue weighted by atomic mass is 16.5. The predicted molar refractivity (Wildman–Crippen MR) is 70.7 cm³/mol. The van der Waals surface area contributed by atoms with Crippen LogP contribution in [-0.2, 0) is 11.3 Å². The van der Waals surface area contributed by atoms with Gasteiger partial charge in [0.15, 0.2) is 0 Å². The van der Waals surface area contributed by atoms with Crippen LogP contribution >= 0.6 is 0 Å². The standard InChI is InChI=1S/C14H22N2O2/c1-11(2)16-9-12-5-6-15-14(8-12)18-10-13-4-3-7-17-13/h5-6,8,11,13,16H,3-4,7,9-10H2,1-2H3. The third kappa shape index (κ3) is 4.27. The highest BCUT2D eigenvalue weighted by Gasteiger charge is 2.16. The Hall–Kier alpha value is -1.13. The Labute approximate surface area is 109 Å². The van der Waals surface area contributed by atoms with E-state index in [4.69, 9.17) is 9.47 Å². The van der Waals surface area contributed by atoms with E-state index in [0.29, 0.717) is 18.5 Å². The molecule has 1 atom stereocenters. The minimum atomic E-state index is 0.240. The van der Waals surface area contributed by atoms with Crippen molar-refractivity contribution in [3.8, 4) is 5.88 Å². The van der Waals surface area contributed by atoms with E-state index in [9.17, 15) is 0 Å². The van der Waals surface area contributed by atoms with Crippen molar-refractivity contribution >= 4 is 0 Å². The molecule has 1 aromatic rings. The molecular formula is C14H22N2O2. The van der Waals surface area contributed by atoms with Crippen LogP contribution in [0, 0.1) is 0 Å². The first-order valence-electron chi connectivity index (χ1n) is 6.67. The Morgan fingerprint density at radius 3 is 3.17 bits per heavy atom. The Kier molecular flexibility index (Phi) is 4.96. The molecule has 0 radical (unpaired) electrons. The van der Waals surface area contributed by atoms with Gasteiger partial charge in [-0.15, -0.1) is 0 Å². The molecule has 0 amide bonds. The molecule has 18 heavy (non-hydrogen) atoms. The van der Waals surface area contributed by atoms with Crippen molar-refractivity contribution in [3.05, 3.63) is 23.9 Å². The first-order chi connectivity index (χ1) is 8.74. The van der Waals surface area contributed by atoms with E-state index in [2.05, 4.69) is 24.1 Å². The summed E-state index contributed by atoms with van der Waals surface area (Å²) in [5, 5.41) is 3.38. The number of rotatable bonds is 6. The molecule has 4 heteroatoms. The monoisotopic (exact) mass is 250 g/mol. The summed E-state index contributed by atoms with van der Waals surface area (Å²) in [6.07, 6.45) is 4.26. The van der Waals surface area contributed by atoms with Crippen LogP contribution in [0.3, 0.4) is 0 Å². The van der Waals surface area contributed by atoms with Crippen molar-refractivity contribution in [2.24, 2.45) is 0 Å². The highest BCUT2D eigenvalue weighted by Crippen LogP contribution is 2.15. The molecule has 0 saturated carbocycles. The van der Waals surface area contributed by atoms with Gasteiger partial charge in [-0.05, 0) is 24.5 Å². The van der Waals surface area contributed by atoms with Crippen LogP contribution in [0.25, 0.3) is 0 Å². The maximum absolute atomic E-state index is 5.67. The minimum absolute atomic E-state index is 0.240. The maximum atomic E-state index is 5.67. The third-order valence-electron chi connectivity index (χ3n) is 2.95. The van der Waals surface area contributed by atoms with Crippen LogP contribution in [0.1, 0.15) is 32.3 Å². The number of nitrogens with zero attached hydrogens (tertiary/aromatic N) is 1. The maximum Gasteiger partial charge on any atom is 0.213 e. The summed E-state index contributed by atoms with van der Waals surface area (Å²) >= 11 is 0. The van der Waals surface area contributed by atoms with Crippen molar-refractivity contribution in [2.75, 3.05) is 13.2 Å². The molecule has 4 nitrogen and oxygen atoms in total. The summed E-state index contributed by atoms with van der Waals surface area (Å²) in [5.41, 5.74) is 1.20. The SMILES string of the molecule is CC(C)NCc1ccnc(OCC2CCCO2)c1. The van der Waals surface area contributed by atoms with Crippen LogP contribution in [-0.4, -0.2) is 30.3 Å². The van der Waals surface area contributed by atoms with Gasteiger partial charge in [-0.25, -0.2) is 4.98 Å². The molecule has 1 unspecified atom stereocenters. The van der Waals surface area contributed by atoms with Gasteiger partial charge in [-0.3, -0.25) is 0 Å². The molecule has 1 aliphatic heterocycles. The molecule has 100 valence electrons. The van der Waals surface area contributed by atoms with Crippen molar-refractivity contribution in [3.63, 3.8) is 0 Å². The van der Waals surface area contributed by atoms with Gasteiger partial charge in [0, 0.05) is 31.5 Å². The van der Waals surface area contributed by atoms with Crippen molar-refractivity contribution < 1.29 is 9.47 Å². The van der Waals surface area contributed by atoms with Gasteiger partial charge >= 0.3 is 0 Å². The lowest BCUT2D eigenvalue weighted by atomic mass is 10.2. The number of pyridine rings is 1. The molecule has 1 aromatic heterocycles. The molecular weight excluding hydrogens is 228 g/mol. The summed E-state index contributed by atoms with van der Waals surface area (Å²) in [5.74, 6) is 0.688. The van der Waals surface area contributed by atoms with Crippen LogP contribution in [0.5, 0.6) is 5.88 Å². The number of hydrogen-bond donors (Lipinski definition) is 1. The van der Waals surface area contributed by atoms with E-state index in [1.54, 1.807) is 6.20 Å². The van der Waals surface area contributed by atoms with Crippen LogP contribution in [0.4, 0.5) is 0 Å².